The third kappa shape index (κ3) is 2.96. The minimum atomic E-state index is -0.0857. The Morgan fingerprint density at radius 2 is 1.81 bits per heavy atom. The van der Waals surface area contributed by atoms with Crippen LogP contribution < -0.4 is 0 Å². The molecule has 2 unspecified atom stereocenters. The van der Waals surface area contributed by atoms with Crippen molar-refractivity contribution < 1.29 is 9.84 Å². The van der Waals surface area contributed by atoms with Gasteiger partial charge >= 0.3 is 0 Å². The van der Waals surface area contributed by atoms with Gasteiger partial charge in [0.15, 0.2) is 0 Å². The summed E-state index contributed by atoms with van der Waals surface area (Å²) >= 11 is 0. The van der Waals surface area contributed by atoms with E-state index >= 15 is 0 Å². The molecule has 2 rings (SSSR count). The lowest BCUT2D eigenvalue weighted by Gasteiger charge is -2.41. The molecule has 2 aliphatic rings. The highest BCUT2D eigenvalue weighted by Crippen LogP contribution is 2.26. The van der Waals surface area contributed by atoms with E-state index in [-0.39, 0.29) is 6.10 Å². The zero-order valence-electron chi connectivity index (χ0n) is 10.4. The molecule has 94 valence electrons. The normalized spacial score (nSPS) is 34.1. The lowest BCUT2D eigenvalue weighted by Crippen LogP contribution is -2.49. The van der Waals surface area contributed by atoms with E-state index in [2.05, 4.69) is 11.8 Å². The number of likely N-dealkylation sites (tertiary alicyclic amines) is 1. The molecule has 0 radical (unpaired) electrons. The van der Waals surface area contributed by atoms with Gasteiger partial charge in [-0.05, 0) is 32.6 Å². The van der Waals surface area contributed by atoms with Gasteiger partial charge < -0.3 is 9.84 Å². The summed E-state index contributed by atoms with van der Waals surface area (Å²) in [5, 5.41) is 10.0. The van der Waals surface area contributed by atoms with E-state index in [4.69, 9.17) is 4.74 Å². The molecular formula is C13H25NO2. The first kappa shape index (κ1) is 12.3. The highest BCUT2D eigenvalue weighted by molar-refractivity contribution is 4.86. The molecular weight excluding hydrogens is 202 g/mol. The first-order valence-corrected chi connectivity index (χ1v) is 6.85. The van der Waals surface area contributed by atoms with Crippen LogP contribution in [0.25, 0.3) is 0 Å². The monoisotopic (exact) mass is 227 g/mol. The molecule has 16 heavy (non-hydrogen) atoms. The molecule has 1 N–H and O–H groups in total. The van der Waals surface area contributed by atoms with E-state index in [1.807, 2.05) is 0 Å². The van der Waals surface area contributed by atoms with E-state index in [1.54, 1.807) is 0 Å². The Morgan fingerprint density at radius 1 is 1.12 bits per heavy atom. The van der Waals surface area contributed by atoms with Crippen LogP contribution in [0, 0.1) is 0 Å². The van der Waals surface area contributed by atoms with Crippen LogP contribution >= 0.6 is 0 Å². The maximum absolute atomic E-state index is 10.0. The molecule has 2 atom stereocenters. The second-order valence-electron chi connectivity index (χ2n) is 5.11. The van der Waals surface area contributed by atoms with Crippen molar-refractivity contribution >= 4 is 0 Å². The summed E-state index contributed by atoms with van der Waals surface area (Å²) in [6, 6.07) is 0.427. The molecule has 1 aliphatic carbocycles. The number of hydrogen-bond acceptors (Lipinski definition) is 3. The number of aliphatic hydroxyl groups is 1. The predicted octanol–water partition coefficient (Wildman–Crippen LogP) is 1.79. The van der Waals surface area contributed by atoms with Crippen molar-refractivity contribution in [2.45, 2.75) is 63.7 Å². The highest BCUT2D eigenvalue weighted by atomic mass is 16.5. The average molecular weight is 227 g/mol. The van der Waals surface area contributed by atoms with E-state index in [1.165, 1.54) is 19.3 Å². The van der Waals surface area contributed by atoms with Gasteiger partial charge in [0.1, 0.15) is 0 Å². The Kier molecular flexibility index (Phi) is 4.62. The third-order valence-electron chi connectivity index (χ3n) is 4.04. The molecule has 0 spiro atoms. The van der Waals surface area contributed by atoms with Gasteiger partial charge in [0.2, 0.25) is 0 Å². The van der Waals surface area contributed by atoms with Crippen molar-refractivity contribution in [1.82, 2.24) is 4.90 Å². The number of aliphatic hydroxyl groups excluding tert-OH is 1. The van der Waals surface area contributed by atoms with E-state index in [0.717, 1.165) is 39.0 Å². The van der Waals surface area contributed by atoms with E-state index in [0.29, 0.717) is 12.1 Å². The topological polar surface area (TPSA) is 32.7 Å². The van der Waals surface area contributed by atoms with E-state index in [9.17, 15) is 5.11 Å². The quantitative estimate of drug-likeness (QED) is 0.798. The average Bonchev–Trinajstić information content (AvgIpc) is 2.31. The van der Waals surface area contributed by atoms with Crippen LogP contribution in [0.4, 0.5) is 0 Å². The summed E-state index contributed by atoms with van der Waals surface area (Å²) in [5.41, 5.74) is 0. The van der Waals surface area contributed by atoms with Crippen LogP contribution in [0.2, 0.25) is 0 Å². The maximum atomic E-state index is 10.0. The second kappa shape index (κ2) is 5.99. The Balaban J connectivity index is 1.79. The van der Waals surface area contributed by atoms with Gasteiger partial charge in [0.05, 0.1) is 12.2 Å². The lowest BCUT2D eigenvalue weighted by molar-refractivity contribution is -0.0315. The van der Waals surface area contributed by atoms with Gasteiger partial charge in [0, 0.05) is 25.7 Å². The Labute approximate surface area is 98.8 Å². The molecule has 1 aliphatic heterocycles. The number of ether oxygens (including phenoxy) is 1. The fraction of sp³-hybridized carbons (Fsp3) is 1.00. The smallest absolute Gasteiger partial charge is 0.0695 e. The van der Waals surface area contributed by atoms with Crippen LogP contribution in [-0.2, 0) is 4.74 Å². The van der Waals surface area contributed by atoms with Crippen LogP contribution in [0.5, 0.6) is 0 Å². The third-order valence-corrected chi connectivity index (χ3v) is 4.04. The Morgan fingerprint density at radius 3 is 2.44 bits per heavy atom. The molecule has 2 fully saturated rings. The van der Waals surface area contributed by atoms with Gasteiger partial charge in [-0.3, -0.25) is 4.90 Å². The Hall–Kier alpha value is -0.120. The molecule has 0 aromatic heterocycles. The molecule has 1 saturated heterocycles. The highest BCUT2D eigenvalue weighted by Gasteiger charge is 2.31. The van der Waals surface area contributed by atoms with Crippen LogP contribution in [0.15, 0.2) is 0 Å². The fourth-order valence-electron chi connectivity index (χ4n) is 3.13. The van der Waals surface area contributed by atoms with Crippen molar-refractivity contribution in [2.75, 3.05) is 19.7 Å². The van der Waals surface area contributed by atoms with Gasteiger partial charge in [0.25, 0.3) is 0 Å². The van der Waals surface area contributed by atoms with Crippen LogP contribution in [-0.4, -0.2) is 48.0 Å². The summed E-state index contributed by atoms with van der Waals surface area (Å²) in [7, 11) is 0. The zero-order chi connectivity index (χ0) is 11.4. The second-order valence-corrected chi connectivity index (χ2v) is 5.11. The standard InChI is InChI=1S/C13H25NO2/c1-2-16-11-7-9-14(10-8-11)12-5-3-4-6-13(12)15/h11-13,15H,2-10H2,1H3. The molecule has 0 aromatic rings. The number of piperidine rings is 1. The minimum Gasteiger partial charge on any atom is -0.391 e. The predicted molar refractivity (Wildman–Crippen MR) is 64.5 cm³/mol. The fourth-order valence-corrected chi connectivity index (χ4v) is 3.13. The molecule has 3 heteroatoms. The van der Waals surface area contributed by atoms with Gasteiger partial charge in [-0.1, -0.05) is 12.8 Å². The SMILES string of the molecule is CCOC1CCN(C2CCCCC2O)CC1. The zero-order valence-corrected chi connectivity index (χ0v) is 10.4. The largest absolute Gasteiger partial charge is 0.391 e. The number of hydrogen-bond donors (Lipinski definition) is 1. The van der Waals surface area contributed by atoms with Crippen molar-refractivity contribution in [1.29, 1.82) is 0 Å². The summed E-state index contributed by atoms with van der Waals surface area (Å²) in [4.78, 5) is 2.49. The number of rotatable bonds is 3. The summed E-state index contributed by atoms with van der Waals surface area (Å²) in [6.07, 6.45) is 7.31. The maximum Gasteiger partial charge on any atom is 0.0695 e. The van der Waals surface area contributed by atoms with Gasteiger partial charge in [-0.2, -0.15) is 0 Å². The first-order valence-electron chi connectivity index (χ1n) is 6.85. The van der Waals surface area contributed by atoms with Crippen molar-refractivity contribution in [3.63, 3.8) is 0 Å². The molecule has 0 amide bonds. The minimum absolute atomic E-state index is 0.0857. The first-order chi connectivity index (χ1) is 7.81. The Bertz CT molecular complexity index is 202. The molecule has 3 nitrogen and oxygen atoms in total. The summed E-state index contributed by atoms with van der Waals surface area (Å²) in [6.45, 7) is 5.10. The molecule has 0 bridgehead atoms. The van der Waals surface area contributed by atoms with Crippen LogP contribution in [0.3, 0.4) is 0 Å². The van der Waals surface area contributed by atoms with Gasteiger partial charge in [-0.15, -0.1) is 0 Å². The molecule has 0 aromatic carbocycles. The molecule has 1 heterocycles. The van der Waals surface area contributed by atoms with E-state index < -0.39 is 0 Å². The molecule has 1 saturated carbocycles. The van der Waals surface area contributed by atoms with Crippen molar-refractivity contribution in [2.24, 2.45) is 0 Å². The van der Waals surface area contributed by atoms with Crippen molar-refractivity contribution in [3.05, 3.63) is 0 Å². The van der Waals surface area contributed by atoms with Crippen LogP contribution in [0.1, 0.15) is 45.4 Å². The lowest BCUT2D eigenvalue weighted by atomic mass is 9.90. The van der Waals surface area contributed by atoms with Crippen molar-refractivity contribution in [3.8, 4) is 0 Å². The number of nitrogens with zero attached hydrogens (tertiary/aromatic N) is 1. The van der Waals surface area contributed by atoms with Gasteiger partial charge in [-0.25, -0.2) is 0 Å². The summed E-state index contributed by atoms with van der Waals surface area (Å²) in [5.74, 6) is 0. The summed E-state index contributed by atoms with van der Waals surface area (Å²) < 4.78 is 5.66.